The summed E-state index contributed by atoms with van der Waals surface area (Å²) in [6, 6.07) is 12.7. The zero-order valence-corrected chi connectivity index (χ0v) is 16.1. The van der Waals surface area contributed by atoms with Crippen molar-refractivity contribution in [2.24, 2.45) is 0 Å². The predicted octanol–water partition coefficient (Wildman–Crippen LogP) is 3.61. The number of benzene rings is 2. The minimum Gasteiger partial charge on any atom is -0.497 e. The third-order valence-corrected chi connectivity index (χ3v) is 4.95. The van der Waals surface area contributed by atoms with Gasteiger partial charge in [0, 0.05) is 24.0 Å². The summed E-state index contributed by atoms with van der Waals surface area (Å²) in [5.74, 6) is -0.0327. The van der Waals surface area contributed by atoms with Gasteiger partial charge in [-0.15, -0.1) is 0 Å². The second-order valence-corrected chi connectivity index (χ2v) is 6.53. The number of carbonyl (C=O) groups is 1. The number of nitrogens with zero attached hydrogens (tertiary/aromatic N) is 1. The van der Waals surface area contributed by atoms with Gasteiger partial charge >= 0.3 is 0 Å². The Morgan fingerprint density at radius 2 is 1.89 bits per heavy atom. The summed E-state index contributed by atoms with van der Waals surface area (Å²) < 4.78 is 19.5. The van der Waals surface area contributed by atoms with Crippen LogP contribution in [0.1, 0.15) is 18.5 Å². The third-order valence-electron chi connectivity index (χ3n) is 4.56. The number of ether oxygens (including phenoxy) is 1. The van der Waals surface area contributed by atoms with Crippen molar-refractivity contribution in [2.45, 2.75) is 13.0 Å². The normalized spacial score (nSPS) is 16.8. The second-order valence-electron chi connectivity index (χ2n) is 6.14. The molecule has 140 valence electrons. The van der Waals surface area contributed by atoms with Crippen LogP contribution in [0.25, 0.3) is 0 Å². The summed E-state index contributed by atoms with van der Waals surface area (Å²) in [4.78, 5) is 14.8. The molecule has 0 radical (unpaired) electrons. The molecule has 0 aliphatic carbocycles. The minimum atomic E-state index is -0.673. The molecular formula is C20H20FN3O2S. The number of methoxy groups -OCH3 is 1. The lowest BCUT2D eigenvalue weighted by molar-refractivity contribution is -0.113. The van der Waals surface area contributed by atoms with Gasteiger partial charge in [-0.1, -0.05) is 18.2 Å². The second kappa shape index (κ2) is 7.75. The molecule has 0 saturated heterocycles. The van der Waals surface area contributed by atoms with Gasteiger partial charge in [-0.05, 0) is 49.5 Å². The van der Waals surface area contributed by atoms with Crippen LogP contribution in [-0.2, 0) is 4.79 Å². The van der Waals surface area contributed by atoms with Crippen molar-refractivity contribution in [3.8, 4) is 5.75 Å². The molecule has 1 aliphatic rings. The van der Waals surface area contributed by atoms with Crippen LogP contribution in [-0.4, -0.2) is 30.1 Å². The Bertz CT molecular complexity index is 912. The molecule has 1 heterocycles. The number of rotatable bonds is 4. The first-order chi connectivity index (χ1) is 12.9. The Labute approximate surface area is 162 Å². The van der Waals surface area contributed by atoms with E-state index in [0.29, 0.717) is 33.4 Å². The van der Waals surface area contributed by atoms with E-state index in [1.807, 2.05) is 0 Å². The van der Waals surface area contributed by atoms with E-state index in [1.165, 1.54) is 6.07 Å². The molecule has 0 fully saturated rings. The molecular weight excluding hydrogens is 365 g/mol. The summed E-state index contributed by atoms with van der Waals surface area (Å²) in [6.45, 7) is 1.80. The Morgan fingerprint density at radius 3 is 2.52 bits per heavy atom. The fraction of sp³-hybridized carbons (Fsp3) is 0.200. The highest BCUT2D eigenvalue weighted by Crippen LogP contribution is 2.32. The van der Waals surface area contributed by atoms with E-state index in [9.17, 15) is 9.18 Å². The number of allylic oxidation sites excluding steroid dienone is 1. The van der Waals surface area contributed by atoms with E-state index in [0.717, 1.165) is 0 Å². The predicted molar refractivity (Wildman–Crippen MR) is 107 cm³/mol. The van der Waals surface area contributed by atoms with Gasteiger partial charge in [-0.2, -0.15) is 0 Å². The van der Waals surface area contributed by atoms with Gasteiger partial charge in [0.2, 0.25) is 0 Å². The van der Waals surface area contributed by atoms with E-state index in [4.69, 9.17) is 17.0 Å². The number of nitrogens with one attached hydrogen (secondary N) is 2. The topological polar surface area (TPSA) is 53.6 Å². The Kier molecular flexibility index (Phi) is 5.41. The standard InChI is InChI=1S/C20H20FN3O2S/c1-12-17(19(25)22-13-8-10-14(26-3)11-9-13)18(23-20(27)24(12)2)15-6-4-5-7-16(15)21/h4-11,18H,1-3H3,(H,22,25)(H,23,27). The minimum absolute atomic E-state index is 0.326. The van der Waals surface area contributed by atoms with Crippen LogP contribution in [0, 0.1) is 5.82 Å². The van der Waals surface area contributed by atoms with E-state index in [-0.39, 0.29) is 5.91 Å². The van der Waals surface area contributed by atoms with E-state index in [1.54, 1.807) is 68.4 Å². The molecule has 0 aromatic heterocycles. The average molecular weight is 385 g/mol. The zero-order valence-electron chi connectivity index (χ0n) is 15.2. The largest absolute Gasteiger partial charge is 0.497 e. The lowest BCUT2D eigenvalue weighted by Gasteiger charge is -2.35. The molecule has 1 amide bonds. The molecule has 3 rings (SSSR count). The molecule has 1 unspecified atom stereocenters. The maximum Gasteiger partial charge on any atom is 0.255 e. The quantitative estimate of drug-likeness (QED) is 0.788. The van der Waals surface area contributed by atoms with Crippen LogP contribution in [0.5, 0.6) is 5.75 Å². The first-order valence-corrected chi connectivity index (χ1v) is 8.78. The Hall–Kier alpha value is -2.93. The van der Waals surface area contributed by atoms with E-state index in [2.05, 4.69) is 10.6 Å². The molecule has 0 saturated carbocycles. The maximum atomic E-state index is 14.4. The third kappa shape index (κ3) is 3.78. The molecule has 0 spiro atoms. The van der Waals surface area contributed by atoms with Crippen molar-refractivity contribution in [1.29, 1.82) is 0 Å². The first kappa shape index (κ1) is 18.8. The van der Waals surface area contributed by atoms with Gasteiger partial charge < -0.3 is 20.3 Å². The lowest BCUT2D eigenvalue weighted by atomic mass is 9.94. The average Bonchev–Trinajstić information content (AvgIpc) is 2.66. The number of thiocarbonyl (C=S) groups is 1. The summed E-state index contributed by atoms with van der Waals surface area (Å²) in [5.41, 5.74) is 2.06. The fourth-order valence-electron chi connectivity index (χ4n) is 2.94. The van der Waals surface area contributed by atoms with Crippen molar-refractivity contribution in [1.82, 2.24) is 10.2 Å². The Balaban J connectivity index is 1.97. The van der Waals surface area contributed by atoms with Crippen LogP contribution in [0.4, 0.5) is 10.1 Å². The van der Waals surface area contributed by atoms with Gasteiger partial charge in [0.05, 0.1) is 18.7 Å². The number of hydrogen-bond donors (Lipinski definition) is 2. The van der Waals surface area contributed by atoms with E-state index >= 15 is 0 Å². The lowest BCUT2D eigenvalue weighted by Crippen LogP contribution is -2.46. The number of anilines is 1. The number of hydrogen-bond acceptors (Lipinski definition) is 3. The molecule has 0 bridgehead atoms. The van der Waals surface area contributed by atoms with Gasteiger partial charge in [-0.25, -0.2) is 4.39 Å². The van der Waals surface area contributed by atoms with Gasteiger partial charge in [0.1, 0.15) is 11.6 Å². The molecule has 1 atom stereocenters. The summed E-state index contributed by atoms with van der Waals surface area (Å²) >= 11 is 5.34. The maximum absolute atomic E-state index is 14.4. The highest BCUT2D eigenvalue weighted by molar-refractivity contribution is 7.80. The van der Waals surface area contributed by atoms with Crippen LogP contribution in [0.3, 0.4) is 0 Å². The zero-order chi connectivity index (χ0) is 19.6. The summed E-state index contributed by atoms with van der Waals surface area (Å²) in [5, 5.41) is 6.36. The molecule has 5 nitrogen and oxygen atoms in total. The Morgan fingerprint density at radius 1 is 1.22 bits per heavy atom. The number of carbonyl (C=O) groups excluding carboxylic acids is 1. The fourth-order valence-corrected chi connectivity index (χ4v) is 3.20. The highest BCUT2D eigenvalue weighted by Gasteiger charge is 2.33. The monoisotopic (exact) mass is 385 g/mol. The van der Waals surface area contributed by atoms with Crippen molar-refractivity contribution < 1.29 is 13.9 Å². The van der Waals surface area contributed by atoms with Gasteiger partial charge in [-0.3, -0.25) is 4.79 Å². The number of amides is 1. The van der Waals surface area contributed by atoms with Crippen LogP contribution in [0.2, 0.25) is 0 Å². The summed E-state index contributed by atoms with van der Waals surface area (Å²) in [6.07, 6.45) is 0. The van der Waals surface area contributed by atoms with Crippen LogP contribution in [0.15, 0.2) is 59.8 Å². The number of halogens is 1. The van der Waals surface area contributed by atoms with E-state index < -0.39 is 11.9 Å². The summed E-state index contributed by atoms with van der Waals surface area (Å²) in [7, 11) is 3.34. The molecule has 2 aromatic carbocycles. The molecule has 2 N–H and O–H groups in total. The van der Waals surface area contributed by atoms with Crippen molar-refractivity contribution in [3.63, 3.8) is 0 Å². The van der Waals surface area contributed by atoms with Crippen LogP contribution >= 0.6 is 12.2 Å². The first-order valence-electron chi connectivity index (χ1n) is 8.37. The smallest absolute Gasteiger partial charge is 0.255 e. The SMILES string of the molecule is COc1ccc(NC(=O)C2=C(C)N(C)C(=S)NC2c2ccccc2F)cc1. The van der Waals surface area contributed by atoms with Crippen molar-refractivity contribution >= 4 is 28.9 Å². The van der Waals surface area contributed by atoms with Crippen LogP contribution < -0.4 is 15.4 Å². The highest BCUT2D eigenvalue weighted by atomic mass is 32.1. The molecule has 2 aromatic rings. The van der Waals surface area contributed by atoms with Crippen molar-refractivity contribution in [2.75, 3.05) is 19.5 Å². The molecule has 1 aliphatic heterocycles. The molecule has 27 heavy (non-hydrogen) atoms. The van der Waals surface area contributed by atoms with Crippen molar-refractivity contribution in [3.05, 3.63) is 71.2 Å². The van der Waals surface area contributed by atoms with Gasteiger partial charge in [0.25, 0.3) is 5.91 Å². The van der Waals surface area contributed by atoms with Gasteiger partial charge in [0.15, 0.2) is 5.11 Å². The molecule has 7 heteroatoms.